The van der Waals surface area contributed by atoms with Gasteiger partial charge >= 0.3 is 0 Å². The van der Waals surface area contributed by atoms with Crippen LogP contribution in [0.15, 0.2) is 36.4 Å². The van der Waals surface area contributed by atoms with E-state index in [4.69, 9.17) is 18.9 Å². The molecule has 1 aliphatic heterocycles. The van der Waals surface area contributed by atoms with Crippen molar-refractivity contribution in [3.05, 3.63) is 47.5 Å². The lowest BCUT2D eigenvalue weighted by atomic mass is 9.90. The summed E-state index contributed by atoms with van der Waals surface area (Å²) in [4.78, 5) is 2.52. The lowest BCUT2D eigenvalue weighted by Gasteiger charge is -2.18. The quantitative estimate of drug-likeness (QED) is 0.503. The summed E-state index contributed by atoms with van der Waals surface area (Å²) in [6, 6.07) is 12.6. The van der Waals surface area contributed by atoms with Crippen LogP contribution in [0.5, 0.6) is 23.0 Å². The van der Waals surface area contributed by atoms with E-state index >= 15 is 0 Å². The number of ether oxygens (including phenoxy) is 4. The van der Waals surface area contributed by atoms with Crippen LogP contribution in [0.3, 0.4) is 0 Å². The molecule has 31 heavy (non-hydrogen) atoms. The molecule has 0 aliphatic carbocycles. The van der Waals surface area contributed by atoms with Crippen LogP contribution in [0.25, 0.3) is 21.9 Å². The number of benzene rings is 3. The van der Waals surface area contributed by atoms with Crippen molar-refractivity contribution in [3.63, 3.8) is 0 Å². The first-order valence-electron chi connectivity index (χ1n) is 10.6. The molecule has 0 aromatic heterocycles. The Kier molecular flexibility index (Phi) is 5.96. The number of methoxy groups -OCH3 is 4. The summed E-state index contributed by atoms with van der Waals surface area (Å²) in [6.07, 6.45) is 0. The standard InChI is InChI=1S/C26H31NO4/c1-16(2)13-27-14-19-9-18-11-24(30-5)25(31-6)12-20(18)26(21(19)15-27)17-7-8-22(28-3)23(10-17)29-4/h7-12,16H,13-15H2,1-6H3. The monoisotopic (exact) mass is 421 g/mol. The van der Waals surface area contributed by atoms with Crippen LogP contribution in [-0.2, 0) is 13.1 Å². The molecule has 0 atom stereocenters. The summed E-state index contributed by atoms with van der Waals surface area (Å²) >= 11 is 0. The van der Waals surface area contributed by atoms with Gasteiger partial charge in [-0.25, -0.2) is 0 Å². The van der Waals surface area contributed by atoms with E-state index < -0.39 is 0 Å². The zero-order valence-electron chi connectivity index (χ0n) is 19.2. The molecule has 0 saturated carbocycles. The molecule has 0 spiro atoms. The number of nitrogens with zero attached hydrogens (tertiary/aromatic N) is 1. The maximum atomic E-state index is 5.63. The molecule has 0 saturated heterocycles. The second kappa shape index (κ2) is 8.67. The third-order valence-corrected chi connectivity index (χ3v) is 5.92. The van der Waals surface area contributed by atoms with Crippen LogP contribution in [-0.4, -0.2) is 39.9 Å². The number of hydrogen-bond donors (Lipinski definition) is 0. The van der Waals surface area contributed by atoms with Gasteiger partial charge in [-0.3, -0.25) is 4.90 Å². The zero-order chi connectivity index (χ0) is 22.1. The SMILES string of the molecule is COc1ccc(-c2c3c(cc4cc(OC)c(OC)cc24)CN(CC(C)C)C3)cc1OC. The fraction of sp³-hybridized carbons (Fsp3) is 0.385. The van der Waals surface area contributed by atoms with Crippen LogP contribution in [0.2, 0.25) is 0 Å². The highest BCUT2D eigenvalue weighted by Gasteiger charge is 2.26. The normalized spacial score (nSPS) is 13.5. The molecule has 1 heterocycles. The van der Waals surface area contributed by atoms with Gasteiger partial charge in [0.1, 0.15) is 0 Å². The average Bonchev–Trinajstić information content (AvgIpc) is 3.16. The molecule has 164 valence electrons. The predicted molar refractivity (Wildman–Crippen MR) is 125 cm³/mol. The van der Waals surface area contributed by atoms with Gasteiger partial charge in [0.25, 0.3) is 0 Å². The lowest BCUT2D eigenvalue weighted by Crippen LogP contribution is -2.21. The predicted octanol–water partition coefficient (Wildman–Crippen LogP) is 5.51. The van der Waals surface area contributed by atoms with Gasteiger partial charge in [0.15, 0.2) is 23.0 Å². The zero-order valence-corrected chi connectivity index (χ0v) is 19.2. The molecule has 0 unspecified atom stereocenters. The minimum Gasteiger partial charge on any atom is -0.493 e. The van der Waals surface area contributed by atoms with E-state index in [9.17, 15) is 0 Å². The van der Waals surface area contributed by atoms with Crippen LogP contribution in [0, 0.1) is 5.92 Å². The van der Waals surface area contributed by atoms with Gasteiger partial charge in [-0.15, -0.1) is 0 Å². The fourth-order valence-corrected chi connectivity index (χ4v) is 4.64. The molecule has 3 aromatic rings. The van der Waals surface area contributed by atoms with Gasteiger partial charge in [-0.1, -0.05) is 19.9 Å². The van der Waals surface area contributed by atoms with E-state index in [0.29, 0.717) is 5.92 Å². The van der Waals surface area contributed by atoms with E-state index in [0.717, 1.165) is 59.0 Å². The minimum atomic E-state index is 0.619. The summed E-state index contributed by atoms with van der Waals surface area (Å²) in [5.74, 6) is 3.54. The smallest absolute Gasteiger partial charge is 0.161 e. The van der Waals surface area contributed by atoms with E-state index in [1.807, 2.05) is 6.07 Å². The molecule has 4 rings (SSSR count). The Labute approximate surface area is 184 Å². The van der Waals surface area contributed by atoms with Crippen molar-refractivity contribution in [2.75, 3.05) is 35.0 Å². The Balaban J connectivity index is 1.98. The summed E-state index contributed by atoms with van der Waals surface area (Å²) in [7, 11) is 6.69. The third-order valence-electron chi connectivity index (χ3n) is 5.92. The Bertz CT molecular complexity index is 1110. The van der Waals surface area contributed by atoms with Gasteiger partial charge in [-0.2, -0.15) is 0 Å². The number of fused-ring (bicyclic) bond motifs is 2. The number of hydrogen-bond acceptors (Lipinski definition) is 5. The fourth-order valence-electron chi connectivity index (χ4n) is 4.64. The molecule has 0 amide bonds. The van der Waals surface area contributed by atoms with Gasteiger partial charge in [0, 0.05) is 19.6 Å². The summed E-state index contributed by atoms with van der Waals surface area (Å²) in [5, 5.41) is 2.29. The summed E-state index contributed by atoms with van der Waals surface area (Å²) < 4.78 is 22.3. The first kappa shape index (κ1) is 21.3. The highest BCUT2D eigenvalue weighted by molar-refractivity contribution is 6.01. The van der Waals surface area contributed by atoms with Crippen molar-refractivity contribution in [1.29, 1.82) is 0 Å². The van der Waals surface area contributed by atoms with Gasteiger partial charge in [0.2, 0.25) is 0 Å². The second-order valence-corrected chi connectivity index (χ2v) is 8.45. The molecular weight excluding hydrogens is 390 g/mol. The maximum Gasteiger partial charge on any atom is 0.161 e. The van der Waals surface area contributed by atoms with Crippen molar-refractivity contribution in [2.24, 2.45) is 5.92 Å². The van der Waals surface area contributed by atoms with Crippen LogP contribution < -0.4 is 18.9 Å². The van der Waals surface area contributed by atoms with E-state index in [1.165, 1.54) is 16.7 Å². The molecule has 1 aliphatic rings. The highest BCUT2D eigenvalue weighted by atomic mass is 16.5. The van der Waals surface area contributed by atoms with Crippen LogP contribution in [0.1, 0.15) is 25.0 Å². The Hall–Kier alpha value is -2.92. The molecule has 0 fully saturated rings. The maximum absolute atomic E-state index is 5.63. The Morgan fingerprint density at radius 1 is 0.774 bits per heavy atom. The summed E-state index contributed by atoms with van der Waals surface area (Å²) in [6.45, 7) is 7.50. The van der Waals surface area contributed by atoms with Crippen molar-refractivity contribution in [3.8, 4) is 34.1 Å². The molecule has 3 aromatic carbocycles. The largest absolute Gasteiger partial charge is 0.493 e. The molecule has 0 radical (unpaired) electrons. The van der Waals surface area contributed by atoms with Crippen molar-refractivity contribution in [1.82, 2.24) is 4.90 Å². The topological polar surface area (TPSA) is 40.2 Å². The molecule has 0 N–H and O–H groups in total. The minimum absolute atomic E-state index is 0.619. The molecular formula is C26H31NO4. The van der Waals surface area contributed by atoms with Crippen molar-refractivity contribution < 1.29 is 18.9 Å². The third kappa shape index (κ3) is 3.90. The molecule has 0 bridgehead atoms. The second-order valence-electron chi connectivity index (χ2n) is 8.45. The van der Waals surface area contributed by atoms with Crippen molar-refractivity contribution >= 4 is 10.8 Å². The first-order chi connectivity index (χ1) is 15.0. The van der Waals surface area contributed by atoms with Crippen molar-refractivity contribution in [2.45, 2.75) is 26.9 Å². The average molecular weight is 422 g/mol. The number of rotatable bonds is 7. The van der Waals surface area contributed by atoms with E-state index in [-0.39, 0.29) is 0 Å². The van der Waals surface area contributed by atoms with E-state index in [2.05, 4.69) is 49.1 Å². The van der Waals surface area contributed by atoms with Crippen LogP contribution >= 0.6 is 0 Å². The van der Waals surface area contributed by atoms with Gasteiger partial charge in [0.05, 0.1) is 28.4 Å². The van der Waals surface area contributed by atoms with Gasteiger partial charge < -0.3 is 18.9 Å². The Morgan fingerprint density at radius 2 is 1.42 bits per heavy atom. The molecule has 5 heteroatoms. The van der Waals surface area contributed by atoms with Gasteiger partial charge in [-0.05, 0) is 69.3 Å². The molecule has 5 nitrogen and oxygen atoms in total. The highest BCUT2D eigenvalue weighted by Crippen LogP contribution is 2.44. The van der Waals surface area contributed by atoms with E-state index in [1.54, 1.807) is 28.4 Å². The van der Waals surface area contributed by atoms with Crippen LogP contribution in [0.4, 0.5) is 0 Å². The first-order valence-corrected chi connectivity index (χ1v) is 10.6. The lowest BCUT2D eigenvalue weighted by molar-refractivity contribution is 0.251. The Morgan fingerprint density at radius 3 is 2.06 bits per heavy atom. The summed E-state index contributed by atoms with van der Waals surface area (Å²) in [5.41, 5.74) is 5.07.